The first-order valence-electron chi connectivity index (χ1n) is 9.71. The second kappa shape index (κ2) is 8.13. The fourth-order valence-electron chi connectivity index (χ4n) is 3.76. The maximum atomic E-state index is 13.2. The lowest BCUT2D eigenvalue weighted by molar-refractivity contribution is -0.138. The van der Waals surface area contributed by atoms with E-state index in [4.69, 9.17) is 4.52 Å². The van der Waals surface area contributed by atoms with Crippen LogP contribution < -0.4 is 0 Å². The fourth-order valence-corrected chi connectivity index (χ4v) is 6.59. The van der Waals surface area contributed by atoms with Gasteiger partial charge in [0.25, 0.3) is 10.0 Å². The van der Waals surface area contributed by atoms with Gasteiger partial charge in [0, 0.05) is 57.1 Å². The van der Waals surface area contributed by atoms with Gasteiger partial charge in [0.1, 0.15) is 4.21 Å². The Bertz CT molecular complexity index is 978. The SMILES string of the molecule is Cc1nc(-c2csc(S(=O)(=O)N3CCC[C@@H](C(=O)N4CCN(C)CC4)C3)c2)no1. The lowest BCUT2D eigenvalue weighted by atomic mass is 9.98. The molecule has 1 atom stereocenters. The molecule has 29 heavy (non-hydrogen) atoms. The molecule has 9 nitrogen and oxygen atoms in total. The summed E-state index contributed by atoms with van der Waals surface area (Å²) in [4.78, 5) is 21.1. The number of thiophene rings is 1. The number of amides is 1. The molecule has 2 aromatic rings. The van der Waals surface area contributed by atoms with Gasteiger partial charge in [-0.25, -0.2) is 8.42 Å². The molecule has 0 radical (unpaired) electrons. The predicted octanol–water partition coefficient (Wildman–Crippen LogP) is 1.28. The third kappa shape index (κ3) is 4.23. The minimum Gasteiger partial charge on any atom is -0.340 e. The predicted molar refractivity (Wildman–Crippen MR) is 108 cm³/mol. The summed E-state index contributed by atoms with van der Waals surface area (Å²) in [6.45, 7) is 5.48. The van der Waals surface area contributed by atoms with Gasteiger partial charge < -0.3 is 14.3 Å². The standard InChI is InChI=1S/C18H25N5O4S2/c1-13-19-17(20-27-13)15-10-16(28-12-15)29(25,26)23-5-3-4-14(11-23)18(24)22-8-6-21(2)7-9-22/h10,12,14H,3-9,11H2,1-2H3/t14-/m1/s1. The van der Waals surface area contributed by atoms with E-state index in [9.17, 15) is 13.2 Å². The maximum absolute atomic E-state index is 13.2. The van der Waals surface area contributed by atoms with Gasteiger partial charge in [-0.05, 0) is 26.0 Å². The number of rotatable bonds is 4. The van der Waals surface area contributed by atoms with Crippen LogP contribution in [0.5, 0.6) is 0 Å². The fraction of sp³-hybridized carbons (Fsp3) is 0.611. The molecular weight excluding hydrogens is 414 g/mol. The molecular formula is C18H25N5O4S2. The van der Waals surface area contributed by atoms with Crippen molar-refractivity contribution in [2.24, 2.45) is 5.92 Å². The number of hydrogen-bond acceptors (Lipinski definition) is 8. The van der Waals surface area contributed by atoms with Crippen molar-refractivity contribution < 1.29 is 17.7 Å². The molecule has 0 N–H and O–H groups in total. The number of sulfonamides is 1. The van der Waals surface area contributed by atoms with E-state index in [1.807, 2.05) is 11.9 Å². The normalized spacial score (nSPS) is 22.1. The van der Waals surface area contributed by atoms with Crippen LogP contribution in [0, 0.1) is 12.8 Å². The van der Waals surface area contributed by atoms with Crippen LogP contribution in [0.4, 0.5) is 0 Å². The van der Waals surface area contributed by atoms with Crippen LogP contribution in [0.25, 0.3) is 11.4 Å². The van der Waals surface area contributed by atoms with E-state index < -0.39 is 10.0 Å². The van der Waals surface area contributed by atoms with Crippen LogP contribution in [0.2, 0.25) is 0 Å². The number of hydrogen-bond donors (Lipinski definition) is 0. The zero-order valence-corrected chi connectivity index (χ0v) is 18.2. The average molecular weight is 440 g/mol. The maximum Gasteiger partial charge on any atom is 0.252 e. The highest BCUT2D eigenvalue weighted by molar-refractivity contribution is 7.91. The van der Waals surface area contributed by atoms with E-state index in [0.717, 1.165) is 30.8 Å². The third-order valence-electron chi connectivity index (χ3n) is 5.50. The van der Waals surface area contributed by atoms with Crippen LogP contribution in [0.15, 0.2) is 20.2 Å². The Kier molecular flexibility index (Phi) is 5.74. The molecule has 0 unspecified atom stereocenters. The lowest BCUT2D eigenvalue weighted by Gasteiger charge is -2.37. The highest BCUT2D eigenvalue weighted by atomic mass is 32.2. The van der Waals surface area contributed by atoms with E-state index in [1.165, 1.54) is 4.31 Å². The van der Waals surface area contributed by atoms with Crippen LogP contribution in [0.3, 0.4) is 0 Å². The molecule has 2 aliphatic rings. The topological polar surface area (TPSA) is 99.8 Å². The van der Waals surface area contributed by atoms with Crippen molar-refractivity contribution in [1.82, 2.24) is 24.2 Å². The van der Waals surface area contributed by atoms with E-state index in [1.54, 1.807) is 18.4 Å². The van der Waals surface area contributed by atoms with E-state index in [0.29, 0.717) is 43.3 Å². The summed E-state index contributed by atoms with van der Waals surface area (Å²) in [7, 11) is -1.62. The van der Waals surface area contributed by atoms with Crippen molar-refractivity contribution in [3.8, 4) is 11.4 Å². The Morgan fingerprint density at radius 3 is 2.69 bits per heavy atom. The minimum absolute atomic E-state index is 0.0761. The number of likely N-dealkylation sites (N-methyl/N-ethyl adjacent to an activating group) is 1. The van der Waals surface area contributed by atoms with Crippen LogP contribution in [-0.4, -0.2) is 84.9 Å². The molecule has 0 bridgehead atoms. The number of piperidine rings is 1. The number of aromatic nitrogens is 2. The average Bonchev–Trinajstić information content (AvgIpc) is 3.37. The molecule has 2 fully saturated rings. The highest BCUT2D eigenvalue weighted by Crippen LogP contribution is 2.31. The summed E-state index contributed by atoms with van der Waals surface area (Å²) in [5.74, 6) is 0.604. The molecule has 1 amide bonds. The second-order valence-electron chi connectivity index (χ2n) is 7.62. The molecule has 11 heteroatoms. The lowest BCUT2D eigenvalue weighted by Crippen LogP contribution is -2.52. The van der Waals surface area contributed by atoms with Crippen LogP contribution >= 0.6 is 11.3 Å². The van der Waals surface area contributed by atoms with Crippen molar-refractivity contribution in [3.05, 3.63) is 17.3 Å². The highest BCUT2D eigenvalue weighted by Gasteiger charge is 2.36. The number of carbonyl (C=O) groups is 1. The largest absolute Gasteiger partial charge is 0.340 e. The molecule has 0 saturated carbocycles. The van der Waals surface area contributed by atoms with Gasteiger partial charge in [-0.3, -0.25) is 4.79 Å². The first-order valence-corrected chi connectivity index (χ1v) is 12.0. The summed E-state index contributed by atoms with van der Waals surface area (Å²) in [6.07, 6.45) is 1.42. The molecule has 158 valence electrons. The van der Waals surface area contributed by atoms with Gasteiger partial charge in [0.05, 0.1) is 5.92 Å². The van der Waals surface area contributed by atoms with E-state index in [-0.39, 0.29) is 22.6 Å². The Morgan fingerprint density at radius 1 is 1.24 bits per heavy atom. The van der Waals surface area contributed by atoms with Crippen molar-refractivity contribution in [2.45, 2.75) is 24.0 Å². The van der Waals surface area contributed by atoms with Gasteiger partial charge >= 0.3 is 0 Å². The third-order valence-corrected chi connectivity index (χ3v) is 8.78. The number of aryl methyl sites for hydroxylation is 1. The minimum atomic E-state index is -3.66. The van der Waals surface area contributed by atoms with Gasteiger partial charge in [0.2, 0.25) is 17.6 Å². The first-order chi connectivity index (χ1) is 13.8. The van der Waals surface area contributed by atoms with E-state index >= 15 is 0 Å². The molecule has 0 aromatic carbocycles. The van der Waals surface area contributed by atoms with Crippen molar-refractivity contribution in [1.29, 1.82) is 0 Å². The number of piperazine rings is 1. The van der Waals surface area contributed by atoms with Crippen molar-refractivity contribution >= 4 is 27.3 Å². The molecule has 0 aliphatic carbocycles. The zero-order chi connectivity index (χ0) is 20.6. The molecule has 0 spiro atoms. The number of carbonyl (C=O) groups excluding carboxylic acids is 1. The second-order valence-corrected chi connectivity index (χ2v) is 10.7. The Morgan fingerprint density at radius 2 is 2.00 bits per heavy atom. The van der Waals surface area contributed by atoms with Gasteiger partial charge in [-0.15, -0.1) is 11.3 Å². The summed E-state index contributed by atoms with van der Waals surface area (Å²) < 4.78 is 33.0. The van der Waals surface area contributed by atoms with Gasteiger partial charge in [-0.2, -0.15) is 9.29 Å². The smallest absolute Gasteiger partial charge is 0.252 e. The molecule has 4 heterocycles. The molecule has 2 aliphatic heterocycles. The number of nitrogens with zero attached hydrogens (tertiary/aromatic N) is 5. The van der Waals surface area contributed by atoms with Crippen LogP contribution in [0.1, 0.15) is 18.7 Å². The molecule has 4 rings (SSSR count). The summed E-state index contributed by atoms with van der Waals surface area (Å²) in [6, 6.07) is 1.58. The summed E-state index contributed by atoms with van der Waals surface area (Å²) >= 11 is 1.14. The summed E-state index contributed by atoms with van der Waals surface area (Å²) in [5, 5.41) is 5.56. The zero-order valence-electron chi connectivity index (χ0n) is 16.6. The Hall–Kier alpha value is -1.82. The van der Waals surface area contributed by atoms with Crippen molar-refractivity contribution in [3.63, 3.8) is 0 Å². The van der Waals surface area contributed by atoms with Crippen molar-refractivity contribution in [2.75, 3.05) is 46.3 Å². The molecule has 2 aromatic heterocycles. The Balaban J connectivity index is 1.47. The van der Waals surface area contributed by atoms with Gasteiger partial charge in [-0.1, -0.05) is 5.16 Å². The molecule has 2 saturated heterocycles. The monoisotopic (exact) mass is 439 g/mol. The quantitative estimate of drug-likeness (QED) is 0.707. The van der Waals surface area contributed by atoms with E-state index in [2.05, 4.69) is 15.0 Å². The van der Waals surface area contributed by atoms with Crippen LogP contribution in [-0.2, 0) is 14.8 Å². The first kappa shape index (κ1) is 20.5. The Labute approximate surface area is 174 Å². The van der Waals surface area contributed by atoms with Gasteiger partial charge in [0.15, 0.2) is 0 Å². The summed E-state index contributed by atoms with van der Waals surface area (Å²) in [5.41, 5.74) is 0.618.